The van der Waals surface area contributed by atoms with E-state index in [1.54, 1.807) is 6.20 Å². The summed E-state index contributed by atoms with van der Waals surface area (Å²) in [5.41, 5.74) is 1.64. The molecule has 1 aromatic heterocycles. The first kappa shape index (κ1) is 9.40. The fraction of sp³-hybridized carbons (Fsp3) is 0.200. The molecule has 0 unspecified atom stereocenters. The Morgan fingerprint density at radius 1 is 1.43 bits per heavy atom. The maximum atomic E-state index is 5.44. The number of rotatable bonds is 2. The summed E-state index contributed by atoms with van der Waals surface area (Å²) >= 11 is 3.28. The van der Waals surface area contributed by atoms with Gasteiger partial charge in [0.1, 0.15) is 15.9 Å². The third-order valence-electron chi connectivity index (χ3n) is 1.80. The lowest BCUT2D eigenvalue weighted by molar-refractivity contribution is 0.343. The predicted molar refractivity (Wildman–Crippen MR) is 58.4 cm³/mol. The number of nitrogens with zero attached hydrogens (tertiary/aromatic N) is 2. The number of benzene rings is 1. The maximum Gasteiger partial charge on any atom is 0.147 e. The number of fused-ring (bicyclic) bond motifs is 1. The van der Waals surface area contributed by atoms with Gasteiger partial charge in [-0.25, -0.2) is 9.97 Å². The SMILES string of the molecule is CCOc1cccc2nc(Br)cnc12. The summed E-state index contributed by atoms with van der Waals surface area (Å²) in [7, 11) is 0. The molecule has 0 bridgehead atoms. The van der Waals surface area contributed by atoms with Crippen LogP contribution in [0, 0.1) is 0 Å². The second-order valence-corrected chi connectivity index (χ2v) is 3.56. The number of hydrogen-bond donors (Lipinski definition) is 0. The first-order valence-corrected chi connectivity index (χ1v) is 5.14. The van der Waals surface area contributed by atoms with Crippen LogP contribution in [0.5, 0.6) is 5.75 Å². The van der Waals surface area contributed by atoms with E-state index in [1.807, 2.05) is 25.1 Å². The van der Waals surface area contributed by atoms with E-state index in [9.17, 15) is 0 Å². The van der Waals surface area contributed by atoms with Crippen molar-refractivity contribution in [2.45, 2.75) is 6.92 Å². The molecule has 14 heavy (non-hydrogen) atoms. The van der Waals surface area contributed by atoms with Crippen LogP contribution in [0.1, 0.15) is 6.92 Å². The van der Waals surface area contributed by atoms with E-state index in [-0.39, 0.29) is 0 Å². The van der Waals surface area contributed by atoms with Gasteiger partial charge in [-0.1, -0.05) is 6.07 Å². The first-order chi connectivity index (χ1) is 6.81. The van der Waals surface area contributed by atoms with Crippen molar-refractivity contribution in [1.29, 1.82) is 0 Å². The Morgan fingerprint density at radius 2 is 2.29 bits per heavy atom. The molecule has 0 atom stereocenters. The highest BCUT2D eigenvalue weighted by Gasteiger charge is 2.03. The van der Waals surface area contributed by atoms with E-state index < -0.39 is 0 Å². The van der Waals surface area contributed by atoms with Crippen molar-refractivity contribution < 1.29 is 4.74 Å². The zero-order valence-electron chi connectivity index (χ0n) is 7.70. The number of aromatic nitrogens is 2. The van der Waals surface area contributed by atoms with Gasteiger partial charge in [-0.15, -0.1) is 0 Å². The van der Waals surface area contributed by atoms with Crippen LogP contribution in [-0.4, -0.2) is 16.6 Å². The van der Waals surface area contributed by atoms with Gasteiger partial charge in [0.2, 0.25) is 0 Å². The van der Waals surface area contributed by atoms with Gasteiger partial charge in [0, 0.05) is 0 Å². The molecular formula is C10H9BrN2O. The number of ether oxygens (including phenoxy) is 1. The lowest BCUT2D eigenvalue weighted by Crippen LogP contribution is -1.94. The van der Waals surface area contributed by atoms with E-state index in [2.05, 4.69) is 25.9 Å². The van der Waals surface area contributed by atoms with Gasteiger partial charge in [-0.05, 0) is 35.0 Å². The molecule has 0 aliphatic heterocycles. The minimum absolute atomic E-state index is 0.636. The highest BCUT2D eigenvalue weighted by molar-refractivity contribution is 9.10. The minimum Gasteiger partial charge on any atom is -0.492 e. The van der Waals surface area contributed by atoms with Crippen LogP contribution in [0.2, 0.25) is 0 Å². The Labute approximate surface area is 90.3 Å². The van der Waals surface area contributed by atoms with Gasteiger partial charge in [-0.2, -0.15) is 0 Å². The molecule has 0 aliphatic rings. The number of hydrogen-bond acceptors (Lipinski definition) is 3. The largest absolute Gasteiger partial charge is 0.492 e. The van der Waals surface area contributed by atoms with E-state index >= 15 is 0 Å². The fourth-order valence-electron chi connectivity index (χ4n) is 1.26. The summed E-state index contributed by atoms with van der Waals surface area (Å²) in [6, 6.07) is 5.72. The zero-order valence-corrected chi connectivity index (χ0v) is 9.28. The van der Waals surface area contributed by atoms with Gasteiger partial charge < -0.3 is 4.74 Å². The Kier molecular flexibility index (Phi) is 2.63. The van der Waals surface area contributed by atoms with Crippen LogP contribution < -0.4 is 4.74 Å². The van der Waals surface area contributed by atoms with Crippen molar-refractivity contribution in [3.63, 3.8) is 0 Å². The van der Waals surface area contributed by atoms with Crippen LogP contribution in [0.15, 0.2) is 29.0 Å². The molecule has 0 amide bonds. The van der Waals surface area contributed by atoms with Gasteiger partial charge >= 0.3 is 0 Å². The van der Waals surface area contributed by atoms with Gasteiger partial charge in [-0.3, -0.25) is 0 Å². The van der Waals surface area contributed by atoms with Crippen LogP contribution in [0.3, 0.4) is 0 Å². The zero-order chi connectivity index (χ0) is 9.97. The summed E-state index contributed by atoms with van der Waals surface area (Å²) in [4.78, 5) is 8.56. The molecule has 0 spiro atoms. The molecule has 72 valence electrons. The van der Waals surface area contributed by atoms with Crippen LogP contribution in [-0.2, 0) is 0 Å². The standard InChI is InChI=1S/C10H9BrN2O/c1-2-14-8-5-3-4-7-10(8)12-6-9(11)13-7/h3-6H,2H2,1H3. The molecule has 2 aromatic rings. The van der Waals surface area contributed by atoms with Gasteiger partial charge in [0.15, 0.2) is 0 Å². The van der Waals surface area contributed by atoms with Crippen LogP contribution >= 0.6 is 15.9 Å². The lowest BCUT2D eigenvalue weighted by Gasteiger charge is -2.05. The van der Waals surface area contributed by atoms with Crippen molar-refractivity contribution in [3.05, 3.63) is 29.0 Å². The fourth-order valence-corrected chi connectivity index (χ4v) is 1.56. The average Bonchev–Trinajstić information content (AvgIpc) is 2.18. The van der Waals surface area contributed by atoms with Gasteiger partial charge in [0.25, 0.3) is 0 Å². The normalized spacial score (nSPS) is 10.4. The third-order valence-corrected chi connectivity index (χ3v) is 2.19. The second-order valence-electron chi connectivity index (χ2n) is 2.75. The van der Waals surface area contributed by atoms with Crippen LogP contribution in [0.25, 0.3) is 11.0 Å². The molecule has 0 N–H and O–H groups in total. The van der Waals surface area contributed by atoms with Crippen LogP contribution in [0.4, 0.5) is 0 Å². The number of halogens is 1. The molecule has 1 aromatic carbocycles. The summed E-state index contributed by atoms with van der Waals surface area (Å²) in [6.07, 6.45) is 1.67. The highest BCUT2D eigenvalue weighted by atomic mass is 79.9. The molecule has 0 aliphatic carbocycles. The lowest BCUT2D eigenvalue weighted by atomic mass is 10.3. The molecule has 3 nitrogen and oxygen atoms in total. The first-order valence-electron chi connectivity index (χ1n) is 4.35. The Bertz CT molecular complexity index is 459. The molecular weight excluding hydrogens is 244 g/mol. The van der Waals surface area contributed by atoms with Crippen molar-refractivity contribution >= 4 is 27.0 Å². The molecule has 0 saturated carbocycles. The van der Waals surface area contributed by atoms with Crippen molar-refractivity contribution in [2.24, 2.45) is 0 Å². The molecule has 1 heterocycles. The quantitative estimate of drug-likeness (QED) is 0.825. The molecule has 0 fully saturated rings. The smallest absolute Gasteiger partial charge is 0.147 e. The summed E-state index contributed by atoms with van der Waals surface area (Å²) in [6.45, 7) is 2.59. The molecule has 2 rings (SSSR count). The summed E-state index contributed by atoms with van der Waals surface area (Å²) in [5, 5.41) is 0. The summed E-state index contributed by atoms with van der Waals surface area (Å²) < 4.78 is 6.18. The maximum absolute atomic E-state index is 5.44. The number of para-hydroxylation sites is 1. The third kappa shape index (κ3) is 1.70. The van der Waals surface area contributed by atoms with E-state index in [1.165, 1.54) is 0 Å². The molecule has 0 radical (unpaired) electrons. The van der Waals surface area contributed by atoms with E-state index in [0.29, 0.717) is 6.61 Å². The predicted octanol–water partition coefficient (Wildman–Crippen LogP) is 2.79. The second kappa shape index (κ2) is 3.92. The molecule has 0 saturated heterocycles. The van der Waals surface area contributed by atoms with Crippen molar-refractivity contribution in [3.8, 4) is 5.75 Å². The monoisotopic (exact) mass is 252 g/mol. The highest BCUT2D eigenvalue weighted by Crippen LogP contribution is 2.22. The van der Waals surface area contributed by atoms with E-state index in [4.69, 9.17) is 4.74 Å². The average molecular weight is 253 g/mol. The Balaban J connectivity index is 2.62. The van der Waals surface area contributed by atoms with E-state index in [0.717, 1.165) is 21.4 Å². The van der Waals surface area contributed by atoms with Crippen molar-refractivity contribution in [1.82, 2.24) is 9.97 Å². The Morgan fingerprint density at radius 3 is 3.07 bits per heavy atom. The topological polar surface area (TPSA) is 35.0 Å². The Hall–Kier alpha value is -1.16. The van der Waals surface area contributed by atoms with Gasteiger partial charge in [0.05, 0.1) is 18.3 Å². The summed E-state index contributed by atoms with van der Waals surface area (Å²) in [5.74, 6) is 0.782. The minimum atomic E-state index is 0.636. The van der Waals surface area contributed by atoms with Crippen molar-refractivity contribution in [2.75, 3.05) is 6.61 Å². The molecule has 4 heteroatoms.